The summed E-state index contributed by atoms with van der Waals surface area (Å²) < 4.78 is 0. The van der Waals surface area contributed by atoms with Crippen molar-refractivity contribution in [3.63, 3.8) is 0 Å². The number of carbonyl (C=O) groups is 1. The molecule has 1 N–H and O–H groups in total. The van der Waals surface area contributed by atoms with Crippen LogP contribution < -0.4 is 0 Å². The van der Waals surface area contributed by atoms with Gasteiger partial charge in [0, 0.05) is 6.54 Å². The molecular formula is C15H22ClNO2. The Kier molecular flexibility index (Phi) is 5.39. The molecule has 0 saturated carbocycles. The summed E-state index contributed by atoms with van der Waals surface area (Å²) >= 11 is 6.50. The van der Waals surface area contributed by atoms with Crippen LogP contribution in [0, 0.1) is 27.7 Å². The minimum atomic E-state index is -0.833. The second kappa shape index (κ2) is 6.40. The van der Waals surface area contributed by atoms with E-state index in [1.807, 2.05) is 0 Å². The number of aryl methyl sites for hydroxylation is 2. The molecule has 0 saturated heterocycles. The number of carboxylic acid groups (broad SMARTS) is 1. The van der Waals surface area contributed by atoms with Gasteiger partial charge >= 0.3 is 5.97 Å². The topological polar surface area (TPSA) is 40.5 Å². The fourth-order valence-corrected chi connectivity index (χ4v) is 2.94. The molecule has 0 heterocycles. The Bertz CT molecular complexity index is 459. The molecule has 106 valence electrons. The van der Waals surface area contributed by atoms with Gasteiger partial charge in [-0.05, 0) is 62.6 Å². The molecule has 1 aromatic carbocycles. The minimum absolute atomic E-state index is 0.00606. The lowest BCUT2D eigenvalue weighted by Crippen LogP contribution is -2.29. The average molecular weight is 284 g/mol. The zero-order chi connectivity index (χ0) is 14.7. The molecule has 0 amide bonds. The van der Waals surface area contributed by atoms with Crippen LogP contribution in [0.4, 0.5) is 0 Å². The first-order valence-corrected chi connectivity index (χ1v) is 6.79. The molecule has 0 aliphatic rings. The van der Waals surface area contributed by atoms with Crippen LogP contribution in [0.15, 0.2) is 6.07 Å². The number of carboxylic acids is 1. The normalized spacial score (nSPS) is 12.8. The van der Waals surface area contributed by atoms with Crippen LogP contribution >= 0.6 is 11.6 Å². The second-order valence-corrected chi connectivity index (χ2v) is 5.76. The number of hydrogen-bond acceptors (Lipinski definition) is 2. The van der Waals surface area contributed by atoms with Gasteiger partial charge < -0.3 is 5.11 Å². The minimum Gasteiger partial charge on any atom is -0.480 e. The SMILES string of the molecule is Cc1cc(C)c(C)c(C(Cl)CN(C)CC(=O)O)c1C. The number of likely N-dealkylation sites (N-methyl/N-ethyl adjacent to an activating group) is 1. The molecule has 0 aromatic heterocycles. The largest absolute Gasteiger partial charge is 0.480 e. The van der Waals surface area contributed by atoms with E-state index < -0.39 is 5.97 Å². The monoisotopic (exact) mass is 283 g/mol. The molecule has 19 heavy (non-hydrogen) atoms. The van der Waals surface area contributed by atoms with Crippen molar-refractivity contribution in [1.29, 1.82) is 0 Å². The summed E-state index contributed by atoms with van der Waals surface area (Å²) in [5.74, 6) is -0.833. The smallest absolute Gasteiger partial charge is 0.317 e. The molecular weight excluding hydrogens is 262 g/mol. The highest BCUT2D eigenvalue weighted by Gasteiger charge is 2.19. The molecule has 0 aliphatic carbocycles. The Morgan fingerprint density at radius 1 is 1.26 bits per heavy atom. The zero-order valence-corrected chi connectivity index (χ0v) is 13.0. The molecule has 1 aromatic rings. The van der Waals surface area contributed by atoms with Crippen molar-refractivity contribution in [2.45, 2.75) is 33.1 Å². The lowest BCUT2D eigenvalue weighted by Gasteiger charge is -2.23. The third-order valence-corrected chi connectivity index (χ3v) is 3.97. The first kappa shape index (κ1) is 16.0. The van der Waals surface area contributed by atoms with Crippen molar-refractivity contribution in [3.05, 3.63) is 33.9 Å². The molecule has 0 fully saturated rings. The maximum atomic E-state index is 10.7. The van der Waals surface area contributed by atoms with Crippen LogP contribution in [-0.4, -0.2) is 36.1 Å². The van der Waals surface area contributed by atoms with Crippen molar-refractivity contribution in [3.8, 4) is 0 Å². The molecule has 0 aliphatic heterocycles. The molecule has 3 nitrogen and oxygen atoms in total. The fourth-order valence-electron chi connectivity index (χ4n) is 2.38. The van der Waals surface area contributed by atoms with Crippen molar-refractivity contribution >= 4 is 17.6 Å². The molecule has 1 atom stereocenters. The fraction of sp³-hybridized carbons (Fsp3) is 0.533. The van der Waals surface area contributed by atoms with E-state index in [-0.39, 0.29) is 11.9 Å². The van der Waals surface area contributed by atoms with Crippen LogP contribution in [0.3, 0.4) is 0 Å². The number of halogens is 1. The zero-order valence-electron chi connectivity index (χ0n) is 12.2. The number of aliphatic carboxylic acids is 1. The van der Waals surface area contributed by atoms with E-state index in [1.54, 1.807) is 11.9 Å². The Labute approximate surface area is 120 Å². The molecule has 1 rings (SSSR count). The lowest BCUT2D eigenvalue weighted by molar-refractivity contribution is -0.137. The van der Waals surface area contributed by atoms with Gasteiger partial charge in [0.15, 0.2) is 0 Å². The predicted octanol–water partition coefficient (Wildman–Crippen LogP) is 3.22. The number of alkyl halides is 1. The van der Waals surface area contributed by atoms with Crippen molar-refractivity contribution < 1.29 is 9.90 Å². The number of rotatable bonds is 5. The third kappa shape index (κ3) is 3.95. The maximum Gasteiger partial charge on any atom is 0.317 e. The van der Waals surface area contributed by atoms with E-state index in [0.29, 0.717) is 6.54 Å². The Morgan fingerprint density at radius 2 is 1.74 bits per heavy atom. The van der Waals surface area contributed by atoms with Gasteiger partial charge in [0.25, 0.3) is 0 Å². The first-order valence-electron chi connectivity index (χ1n) is 6.35. The summed E-state index contributed by atoms with van der Waals surface area (Å²) in [6, 6.07) is 2.17. The summed E-state index contributed by atoms with van der Waals surface area (Å²) in [4.78, 5) is 12.4. The highest BCUT2D eigenvalue weighted by Crippen LogP contribution is 2.31. The molecule has 1 unspecified atom stereocenters. The predicted molar refractivity (Wildman–Crippen MR) is 79.1 cm³/mol. The number of hydrogen-bond donors (Lipinski definition) is 1. The van der Waals surface area contributed by atoms with E-state index in [2.05, 4.69) is 33.8 Å². The van der Waals surface area contributed by atoms with E-state index in [4.69, 9.17) is 16.7 Å². The van der Waals surface area contributed by atoms with Gasteiger partial charge in [0.2, 0.25) is 0 Å². The highest BCUT2D eigenvalue weighted by molar-refractivity contribution is 6.21. The standard InChI is InChI=1S/C15H22ClNO2/c1-9-6-10(2)12(4)15(11(9)3)13(16)7-17(5)8-14(18)19/h6,13H,7-8H2,1-5H3,(H,18,19). The van der Waals surface area contributed by atoms with Gasteiger partial charge in [-0.2, -0.15) is 0 Å². The Hall–Kier alpha value is -1.06. The van der Waals surface area contributed by atoms with Crippen molar-refractivity contribution in [2.75, 3.05) is 20.1 Å². The lowest BCUT2D eigenvalue weighted by atomic mass is 9.92. The summed E-state index contributed by atoms with van der Waals surface area (Å²) in [6.45, 7) is 8.84. The Balaban J connectivity index is 2.99. The highest BCUT2D eigenvalue weighted by atomic mass is 35.5. The number of nitrogens with zero attached hydrogens (tertiary/aromatic N) is 1. The Morgan fingerprint density at radius 3 is 2.16 bits per heavy atom. The third-order valence-electron chi connectivity index (χ3n) is 3.61. The van der Waals surface area contributed by atoms with Crippen LogP contribution in [0.25, 0.3) is 0 Å². The summed E-state index contributed by atoms with van der Waals surface area (Å²) in [5, 5.41) is 8.59. The molecule has 4 heteroatoms. The van der Waals surface area contributed by atoms with Crippen LogP contribution in [0.2, 0.25) is 0 Å². The number of benzene rings is 1. The van der Waals surface area contributed by atoms with E-state index >= 15 is 0 Å². The van der Waals surface area contributed by atoms with Crippen molar-refractivity contribution in [2.24, 2.45) is 0 Å². The van der Waals surface area contributed by atoms with Crippen molar-refractivity contribution in [1.82, 2.24) is 4.90 Å². The average Bonchev–Trinajstić information content (AvgIpc) is 2.25. The molecule has 0 radical (unpaired) electrons. The second-order valence-electron chi connectivity index (χ2n) is 5.23. The summed E-state index contributed by atoms with van der Waals surface area (Å²) in [7, 11) is 1.77. The van der Waals surface area contributed by atoms with Crippen LogP contribution in [-0.2, 0) is 4.79 Å². The maximum absolute atomic E-state index is 10.7. The van der Waals surface area contributed by atoms with Gasteiger partial charge in [-0.25, -0.2) is 0 Å². The first-order chi connectivity index (χ1) is 8.73. The van der Waals surface area contributed by atoms with E-state index in [9.17, 15) is 4.79 Å². The molecule has 0 bridgehead atoms. The van der Waals surface area contributed by atoms with E-state index in [1.165, 1.54) is 22.3 Å². The molecule has 0 spiro atoms. The van der Waals surface area contributed by atoms with Crippen LogP contribution in [0.5, 0.6) is 0 Å². The van der Waals surface area contributed by atoms with Gasteiger partial charge in [-0.1, -0.05) is 6.07 Å². The quantitative estimate of drug-likeness (QED) is 0.844. The van der Waals surface area contributed by atoms with Gasteiger partial charge in [-0.3, -0.25) is 9.69 Å². The summed E-state index contributed by atoms with van der Waals surface area (Å²) in [6.07, 6.45) is 0. The summed E-state index contributed by atoms with van der Waals surface area (Å²) in [5.41, 5.74) is 5.99. The van der Waals surface area contributed by atoms with Crippen LogP contribution in [0.1, 0.15) is 33.2 Å². The van der Waals surface area contributed by atoms with E-state index in [0.717, 1.165) is 5.56 Å². The van der Waals surface area contributed by atoms with Gasteiger partial charge in [0.05, 0.1) is 11.9 Å². The van der Waals surface area contributed by atoms with Gasteiger partial charge in [0.1, 0.15) is 0 Å². The van der Waals surface area contributed by atoms with Gasteiger partial charge in [-0.15, -0.1) is 11.6 Å².